The van der Waals surface area contributed by atoms with E-state index >= 15 is 0 Å². The maximum absolute atomic E-state index is 10.7. The third-order valence-corrected chi connectivity index (χ3v) is 4.80. The number of nitrogens with one attached hydrogen (secondary N) is 1. The normalized spacial score (nSPS) is 12.3. The van der Waals surface area contributed by atoms with Gasteiger partial charge in [-0.1, -0.05) is 34.1 Å². The highest BCUT2D eigenvalue weighted by Crippen LogP contribution is 2.24. The molecule has 0 radical (unpaired) electrons. The number of hydrogen-bond acceptors (Lipinski definition) is 3. The monoisotopic (exact) mass is 353 g/mol. The fraction of sp³-hybridized carbons (Fsp3) is 0.267. The summed E-state index contributed by atoms with van der Waals surface area (Å²) in [5, 5.41) is 12.2. The molecule has 0 amide bonds. The number of aliphatic carboxylic acids is 1. The van der Waals surface area contributed by atoms with Crippen molar-refractivity contribution in [3.63, 3.8) is 0 Å². The minimum atomic E-state index is -0.784. The van der Waals surface area contributed by atoms with E-state index in [0.29, 0.717) is 0 Å². The Labute approximate surface area is 130 Å². The van der Waals surface area contributed by atoms with Gasteiger partial charge in [0.1, 0.15) is 0 Å². The number of carboxylic acids is 1. The zero-order valence-corrected chi connectivity index (χ0v) is 13.5. The molecule has 2 aromatic rings. The topological polar surface area (TPSA) is 49.3 Å². The number of thiophene rings is 1. The Bertz CT molecular complexity index is 597. The lowest BCUT2D eigenvalue weighted by molar-refractivity contribution is -0.136. The molecular weight excluding hydrogens is 338 g/mol. The standard InChI is InChI=1S/C15H16BrNO2S/c1-10(13-4-2-3-5-14(13)16)17-9-12-7-6-11(20-12)8-15(18)19/h2-7,10,17H,8-9H2,1H3,(H,18,19)/t10-/m1/s1. The fourth-order valence-electron chi connectivity index (χ4n) is 1.95. The van der Waals surface area contributed by atoms with Gasteiger partial charge in [0.2, 0.25) is 0 Å². The second-order valence-electron chi connectivity index (χ2n) is 4.56. The number of rotatable bonds is 6. The van der Waals surface area contributed by atoms with Crippen molar-refractivity contribution < 1.29 is 9.90 Å². The van der Waals surface area contributed by atoms with Gasteiger partial charge in [0.05, 0.1) is 6.42 Å². The molecule has 0 saturated carbocycles. The molecule has 0 aliphatic heterocycles. The van der Waals surface area contributed by atoms with Crippen molar-refractivity contribution in [3.8, 4) is 0 Å². The molecule has 1 heterocycles. The van der Waals surface area contributed by atoms with Crippen LogP contribution in [0.25, 0.3) is 0 Å². The van der Waals surface area contributed by atoms with E-state index in [2.05, 4.69) is 34.2 Å². The molecule has 0 aliphatic carbocycles. The molecule has 2 N–H and O–H groups in total. The van der Waals surface area contributed by atoms with Crippen LogP contribution in [0.2, 0.25) is 0 Å². The zero-order valence-electron chi connectivity index (χ0n) is 11.1. The molecule has 1 atom stereocenters. The molecule has 3 nitrogen and oxygen atoms in total. The van der Waals surface area contributed by atoms with Gasteiger partial charge < -0.3 is 10.4 Å². The Hall–Kier alpha value is -1.17. The van der Waals surface area contributed by atoms with Gasteiger partial charge in [-0.2, -0.15) is 0 Å². The fourth-order valence-corrected chi connectivity index (χ4v) is 3.54. The largest absolute Gasteiger partial charge is 0.481 e. The van der Waals surface area contributed by atoms with Crippen molar-refractivity contribution in [2.24, 2.45) is 0 Å². The summed E-state index contributed by atoms with van der Waals surface area (Å²) >= 11 is 5.10. The van der Waals surface area contributed by atoms with Crippen molar-refractivity contribution in [2.45, 2.75) is 25.9 Å². The Morgan fingerprint density at radius 3 is 2.70 bits per heavy atom. The molecule has 20 heavy (non-hydrogen) atoms. The summed E-state index contributed by atoms with van der Waals surface area (Å²) in [6.45, 7) is 2.86. The number of carbonyl (C=O) groups is 1. The average molecular weight is 354 g/mol. The smallest absolute Gasteiger partial charge is 0.308 e. The van der Waals surface area contributed by atoms with E-state index in [1.165, 1.54) is 5.56 Å². The van der Waals surface area contributed by atoms with Gasteiger partial charge >= 0.3 is 5.97 Å². The summed E-state index contributed by atoms with van der Waals surface area (Å²) in [6.07, 6.45) is 0.102. The van der Waals surface area contributed by atoms with Crippen molar-refractivity contribution in [1.82, 2.24) is 5.32 Å². The molecule has 0 saturated heterocycles. The van der Waals surface area contributed by atoms with Crippen LogP contribution >= 0.6 is 27.3 Å². The van der Waals surface area contributed by atoms with E-state index in [4.69, 9.17) is 5.11 Å². The molecule has 106 valence electrons. The number of carboxylic acid groups (broad SMARTS) is 1. The zero-order chi connectivity index (χ0) is 14.5. The number of benzene rings is 1. The molecular formula is C15H16BrNO2S. The maximum Gasteiger partial charge on any atom is 0.308 e. The molecule has 1 aromatic heterocycles. The molecule has 0 aliphatic rings. The van der Waals surface area contributed by atoms with Crippen LogP contribution in [-0.4, -0.2) is 11.1 Å². The van der Waals surface area contributed by atoms with Gasteiger partial charge in [0.25, 0.3) is 0 Å². The van der Waals surface area contributed by atoms with E-state index in [9.17, 15) is 4.79 Å². The summed E-state index contributed by atoms with van der Waals surface area (Å²) in [4.78, 5) is 12.7. The van der Waals surface area contributed by atoms with E-state index in [-0.39, 0.29) is 12.5 Å². The lowest BCUT2D eigenvalue weighted by Gasteiger charge is -2.15. The van der Waals surface area contributed by atoms with Crippen LogP contribution < -0.4 is 5.32 Å². The third-order valence-electron chi connectivity index (χ3n) is 3.00. The van der Waals surface area contributed by atoms with E-state index in [0.717, 1.165) is 20.8 Å². The first-order chi connectivity index (χ1) is 9.56. The van der Waals surface area contributed by atoms with E-state index in [1.807, 2.05) is 30.3 Å². The van der Waals surface area contributed by atoms with Gasteiger partial charge in [-0.15, -0.1) is 11.3 Å². The first-order valence-corrected chi connectivity index (χ1v) is 7.94. The summed E-state index contributed by atoms with van der Waals surface area (Å²) < 4.78 is 1.10. The van der Waals surface area contributed by atoms with Crippen LogP contribution in [0.3, 0.4) is 0 Å². The summed E-state index contributed by atoms with van der Waals surface area (Å²) in [5.74, 6) is -0.784. The molecule has 5 heteroatoms. The van der Waals surface area contributed by atoms with Crippen LogP contribution in [0.4, 0.5) is 0 Å². The summed E-state index contributed by atoms with van der Waals surface area (Å²) in [6, 6.07) is 12.2. The van der Waals surface area contributed by atoms with Gasteiger partial charge in [0.15, 0.2) is 0 Å². The number of halogens is 1. The second-order valence-corrected chi connectivity index (χ2v) is 6.67. The Balaban J connectivity index is 1.93. The SMILES string of the molecule is C[C@@H](NCc1ccc(CC(=O)O)s1)c1ccccc1Br. The van der Waals surface area contributed by atoms with Crippen LogP contribution in [0.1, 0.15) is 28.3 Å². The molecule has 2 rings (SSSR count). The Morgan fingerprint density at radius 2 is 2.00 bits per heavy atom. The van der Waals surface area contributed by atoms with Crippen molar-refractivity contribution in [2.75, 3.05) is 0 Å². The molecule has 0 spiro atoms. The third kappa shape index (κ3) is 4.16. The van der Waals surface area contributed by atoms with Crippen LogP contribution in [0.15, 0.2) is 40.9 Å². The summed E-state index contributed by atoms with van der Waals surface area (Å²) in [7, 11) is 0. The van der Waals surface area contributed by atoms with Crippen LogP contribution in [-0.2, 0) is 17.8 Å². The lowest BCUT2D eigenvalue weighted by atomic mass is 10.1. The summed E-state index contributed by atoms with van der Waals surface area (Å²) in [5.41, 5.74) is 1.22. The van der Waals surface area contributed by atoms with Crippen LogP contribution in [0, 0.1) is 0 Å². The highest BCUT2D eigenvalue weighted by Gasteiger charge is 2.09. The minimum absolute atomic E-state index is 0.102. The van der Waals surface area contributed by atoms with Crippen molar-refractivity contribution in [1.29, 1.82) is 0 Å². The Kier molecular flexibility index (Phi) is 5.34. The second kappa shape index (κ2) is 7.02. The molecule has 0 fully saturated rings. The van der Waals surface area contributed by atoms with E-state index in [1.54, 1.807) is 11.3 Å². The number of hydrogen-bond donors (Lipinski definition) is 2. The van der Waals surface area contributed by atoms with Crippen molar-refractivity contribution in [3.05, 3.63) is 56.2 Å². The van der Waals surface area contributed by atoms with Crippen molar-refractivity contribution >= 4 is 33.2 Å². The predicted molar refractivity (Wildman–Crippen MR) is 85.1 cm³/mol. The average Bonchev–Trinajstić information content (AvgIpc) is 2.83. The first-order valence-electron chi connectivity index (χ1n) is 6.33. The van der Waals surface area contributed by atoms with Gasteiger partial charge in [-0.25, -0.2) is 0 Å². The quantitative estimate of drug-likeness (QED) is 0.825. The molecule has 1 aromatic carbocycles. The predicted octanol–water partition coefficient (Wildman–Crippen LogP) is 3.99. The minimum Gasteiger partial charge on any atom is -0.481 e. The Morgan fingerprint density at radius 1 is 1.30 bits per heavy atom. The van der Waals surface area contributed by atoms with Gasteiger partial charge in [-0.3, -0.25) is 4.79 Å². The molecule has 0 unspecified atom stereocenters. The van der Waals surface area contributed by atoms with Crippen LogP contribution in [0.5, 0.6) is 0 Å². The van der Waals surface area contributed by atoms with Gasteiger partial charge in [-0.05, 0) is 30.7 Å². The molecule has 0 bridgehead atoms. The highest BCUT2D eigenvalue weighted by molar-refractivity contribution is 9.10. The highest BCUT2D eigenvalue weighted by atomic mass is 79.9. The lowest BCUT2D eigenvalue weighted by Crippen LogP contribution is -2.17. The van der Waals surface area contributed by atoms with Gasteiger partial charge in [0, 0.05) is 26.8 Å². The first kappa shape index (κ1) is 15.2. The maximum atomic E-state index is 10.7. The van der Waals surface area contributed by atoms with E-state index < -0.39 is 5.97 Å².